The molecule has 43 heavy (non-hydrogen) atoms. The average molecular weight is 587 g/mol. The van der Waals surface area contributed by atoms with Crippen molar-refractivity contribution < 1.29 is 27.6 Å². The minimum Gasteiger partial charge on any atom is -0.310 e. The van der Waals surface area contributed by atoms with Gasteiger partial charge in [-0.05, 0) is 74.7 Å². The minimum atomic E-state index is -4.70. The Morgan fingerprint density at radius 1 is 0.907 bits per heavy atom. The molecule has 0 atom stereocenters. The molecule has 0 radical (unpaired) electrons. The lowest BCUT2D eigenvalue weighted by Crippen LogP contribution is -2.41. The third kappa shape index (κ3) is 7.26. The largest absolute Gasteiger partial charge is 0.416 e. The first kappa shape index (κ1) is 29.1. The highest BCUT2D eigenvalue weighted by molar-refractivity contribution is 5.99. The van der Waals surface area contributed by atoms with Crippen LogP contribution in [0.25, 0.3) is 5.69 Å². The molecule has 2 aromatic heterocycles. The number of nitrogens with one attached hydrogen (secondary N) is 3. The van der Waals surface area contributed by atoms with Crippen LogP contribution in [0.4, 0.5) is 19.0 Å². The summed E-state index contributed by atoms with van der Waals surface area (Å²) in [5.74, 6) is 4.79. The number of alkyl halides is 3. The molecule has 9 nitrogen and oxygen atoms in total. The molecule has 5 rings (SSSR count). The number of hydrogen-bond donors (Lipinski definition) is 3. The Labute approximate surface area is 244 Å². The zero-order valence-corrected chi connectivity index (χ0v) is 23.0. The Bertz CT molecular complexity index is 1780. The molecular weight excluding hydrogens is 561 g/mol. The van der Waals surface area contributed by atoms with E-state index in [0.29, 0.717) is 28.7 Å². The second-order valence-corrected chi connectivity index (χ2v) is 10.1. The Hall–Kier alpha value is -5.44. The predicted octanol–water partition coefficient (Wildman–Crippen LogP) is 4.73. The van der Waals surface area contributed by atoms with E-state index in [1.165, 1.54) is 41.5 Å². The summed E-state index contributed by atoms with van der Waals surface area (Å²) in [7, 11) is 0. The van der Waals surface area contributed by atoms with Gasteiger partial charge in [-0.1, -0.05) is 17.9 Å². The number of benzene rings is 2. The maximum Gasteiger partial charge on any atom is 0.416 e. The first-order valence-corrected chi connectivity index (χ1v) is 13.2. The van der Waals surface area contributed by atoms with E-state index in [0.717, 1.165) is 24.5 Å². The molecule has 1 fully saturated rings. The van der Waals surface area contributed by atoms with Crippen LogP contribution >= 0.6 is 0 Å². The van der Waals surface area contributed by atoms with E-state index >= 15 is 0 Å². The summed E-state index contributed by atoms with van der Waals surface area (Å²) >= 11 is 0. The van der Waals surface area contributed by atoms with Crippen molar-refractivity contribution in [2.75, 3.05) is 5.32 Å². The second-order valence-electron chi connectivity index (χ2n) is 10.1. The molecule has 0 aliphatic heterocycles. The van der Waals surface area contributed by atoms with Crippen LogP contribution in [0.15, 0.2) is 67.3 Å². The highest BCUT2D eigenvalue weighted by Gasteiger charge is 2.32. The number of aryl methyl sites for hydroxylation is 2. The zero-order chi connectivity index (χ0) is 30.7. The van der Waals surface area contributed by atoms with Crippen LogP contribution in [0.5, 0.6) is 0 Å². The van der Waals surface area contributed by atoms with Crippen molar-refractivity contribution >= 4 is 23.5 Å². The summed E-state index contributed by atoms with van der Waals surface area (Å²) in [4.78, 5) is 45.7. The van der Waals surface area contributed by atoms with Gasteiger partial charge < -0.3 is 9.88 Å². The number of imidazole rings is 1. The normalized spacial score (nSPS) is 12.6. The minimum absolute atomic E-state index is 0.0441. The highest BCUT2D eigenvalue weighted by atomic mass is 19.4. The third-order valence-corrected chi connectivity index (χ3v) is 6.61. The Kier molecular flexibility index (Phi) is 7.98. The molecule has 12 heteroatoms. The van der Waals surface area contributed by atoms with E-state index in [1.54, 1.807) is 25.1 Å². The van der Waals surface area contributed by atoms with Crippen LogP contribution in [-0.4, -0.2) is 32.3 Å². The fourth-order valence-corrected chi connectivity index (χ4v) is 4.03. The van der Waals surface area contributed by atoms with Gasteiger partial charge in [0, 0.05) is 46.3 Å². The lowest BCUT2D eigenvalue weighted by atomic mass is 10.0. The summed E-state index contributed by atoms with van der Waals surface area (Å²) < 4.78 is 42.0. The lowest BCUT2D eigenvalue weighted by Gasteiger charge is -2.13. The lowest BCUT2D eigenvalue weighted by molar-refractivity contribution is -0.137. The molecule has 1 aliphatic rings. The zero-order valence-electron chi connectivity index (χ0n) is 23.0. The summed E-state index contributed by atoms with van der Waals surface area (Å²) in [6, 6.07) is 11.0. The molecule has 218 valence electrons. The van der Waals surface area contributed by atoms with Crippen LogP contribution in [0.3, 0.4) is 0 Å². The van der Waals surface area contributed by atoms with Crippen molar-refractivity contribution in [3.8, 4) is 17.5 Å². The third-order valence-electron chi connectivity index (χ3n) is 6.61. The van der Waals surface area contributed by atoms with Crippen LogP contribution < -0.4 is 16.2 Å². The van der Waals surface area contributed by atoms with Crippen LogP contribution in [0.1, 0.15) is 61.5 Å². The van der Waals surface area contributed by atoms with Crippen molar-refractivity contribution in [1.29, 1.82) is 0 Å². The first-order chi connectivity index (χ1) is 20.5. The molecular formula is C31H25F3N6O3. The fourth-order valence-electron chi connectivity index (χ4n) is 4.03. The molecule has 4 aromatic rings. The van der Waals surface area contributed by atoms with Crippen LogP contribution in [0, 0.1) is 31.6 Å². The van der Waals surface area contributed by atoms with E-state index in [4.69, 9.17) is 0 Å². The van der Waals surface area contributed by atoms with Gasteiger partial charge in [-0.2, -0.15) is 13.2 Å². The Morgan fingerprint density at radius 3 is 2.28 bits per heavy atom. The van der Waals surface area contributed by atoms with E-state index in [2.05, 4.69) is 38.0 Å². The molecule has 3 N–H and O–H groups in total. The number of halogens is 3. The number of amides is 3. The first-order valence-electron chi connectivity index (χ1n) is 13.2. The molecule has 0 unspecified atom stereocenters. The summed E-state index contributed by atoms with van der Waals surface area (Å²) in [6.45, 7) is 3.50. The van der Waals surface area contributed by atoms with Crippen molar-refractivity contribution in [2.24, 2.45) is 5.92 Å². The summed E-state index contributed by atoms with van der Waals surface area (Å²) in [5, 5.41) is 2.76. The number of anilines is 1. The second kappa shape index (κ2) is 11.8. The van der Waals surface area contributed by atoms with Crippen LogP contribution in [0.2, 0.25) is 0 Å². The van der Waals surface area contributed by atoms with Crippen molar-refractivity contribution in [1.82, 2.24) is 25.4 Å². The van der Waals surface area contributed by atoms with Gasteiger partial charge in [-0.3, -0.25) is 25.2 Å². The van der Waals surface area contributed by atoms with Gasteiger partial charge >= 0.3 is 6.18 Å². The Morgan fingerprint density at radius 2 is 1.65 bits per heavy atom. The smallest absolute Gasteiger partial charge is 0.310 e. The summed E-state index contributed by atoms with van der Waals surface area (Å²) in [6.07, 6.45) is 1.48. The molecule has 2 heterocycles. The van der Waals surface area contributed by atoms with Crippen molar-refractivity contribution in [3.05, 3.63) is 106 Å². The molecule has 1 aliphatic carbocycles. The molecule has 2 aromatic carbocycles. The standard InChI is InChI=1S/C31H25F3N6O3/c1-18-3-6-23(11-22(18)7-4-20-5-10-27(35-15-20)37-28(41)21-8-9-21)29(42)38-39-30(43)24-12-25(31(32,33)34)14-26(13-24)40-16-19(2)36-17-40/h3,5-6,10-17,21H,8-9H2,1-2H3,(H,38,42)(H,39,43)(H,35,37,41). The monoisotopic (exact) mass is 586 g/mol. The highest BCUT2D eigenvalue weighted by Crippen LogP contribution is 2.32. The number of carbonyl (C=O) groups is 3. The number of hydrogen-bond acceptors (Lipinski definition) is 5. The van der Waals surface area contributed by atoms with Gasteiger partial charge in [0.05, 0.1) is 17.6 Å². The molecule has 1 saturated carbocycles. The van der Waals surface area contributed by atoms with E-state index < -0.39 is 23.6 Å². The van der Waals surface area contributed by atoms with Gasteiger partial charge in [0.1, 0.15) is 5.82 Å². The van der Waals surface area contributed by atoms with Gasteiger partial charge in [0.2, 0.25) is 5.91 Å². The quantitative estimate of drug-likeness (QED) is 0.231. The maximum atomic E-state index is 13.5. The molecule has 0 spiro atoms. The van der Waals surface area contributed by atoms with Crippen molar-refractivity contribution in [3.63, 3.8) is 0 Å². The van der Waals surface area contributed by atoms with E-state index in [1.807, 2.05) is 6.92 Å². The van der Waals surface area contributed by atoms with Gasteiger partial charge in [-0.15, -0.1) is 0 Å². The Balaban J connectivity index is 1.27. The van der Waals surface area contributed by atoms with Crippen LogP contribution in [-0.2, 0) is 11.0 Å². The summed E-state index contributed by atoms with van der Waals surface area (Å²) in [5.41, 5.74) is 5.86. The maximum absolute atomic E-state index is 13.5. The molecule has 0 saturated heterocycles. The van der Waals surface area contributed by atoms with Gasteiger partial charge in [0.15, 0.2) is 0 Å². The number of pyridine rings is 1. The van der Waals surface area contributed by atoms with E-state index in [-0.39, 0.29) is 28.6 Å². The SMILES string of the molecule is Cc1cn(-c2cc(C(=O)NNC(=O)c3ccc(C)c(C#Cc4ccc(NC(=O)C5CC5)nc4)c3)cc(C(F)(F)F)c2)cn1. The van der Waals surface area contributed by atoms with Gasteiger partial charge in [0.25, 0.3) is 11.8 Å². The number of nitrogens with zero attached hydrogens (tertiary/aromatic N) is 3. The number of aromatic nitrogens is 3. The molecule has 0 bridgehead atoms. The average Bonchev–Trinajstić information content (AvgIpc) is 3.75. The number of carbonyl (C=O) groups excluding carboxylic acids is 3. The number of hydrazine groups is 1. The number of rotatable bonds is 5. The van der Waals surface area contributed by atoms with E-state index in [9.17, 15) is 27.6 Å². The predicted molar refractivity (Wildman–Crippen MR) is 151 cm³/mol. The fraction of sp³-hybridized carbons (Fsp3) is 0.194. The van der Waals surface area contributed by atoms with Crippen molar-refractivity contribution in [2.45, 2.75) is 32.9 Å². The molecule has 3 amide bonds. The van der Waals surface area contributed by atoms with Gasteiger partial charge in [-0.25, -0.2) is 9.97 Å². The topological polar surface area (TPSA) is 118 Å².